The largest absolute Gasteiger partial charge is 0.436 e. The minimum atomic E-state index is -0.301. The van der Waals surface area contributed by atoms with E-state index in [0.29, 0.717) is 17.3 Å². The van der Waals surface area contributed by atoms with E-state index in [1.54, 1.807) is 13.8 Å². The summed E-state index contributed by atoms with van der Waals surface area (Å²) in [6, 6.07) is 3.69. The molecule has 100 valence electrons. The number of rotatable bonds is 2. The summed E-state index contributed by atoms with van der Waals surface area (Å²) < 4.78 is 5.29. The van der Waals surface area contributed by atoms with Crippen LogP contribution in [0.1, 0.15) is 33.3 Å². The molecule has 0 radical (unpaired) electrons. The fourth-order valence-electron chi connectivity index (χ4n) is 1.89. The third-order valence-corrected chi connectivity index (χ3v) is 2.97. The molecule has 0 unspecified atom stereocenters. The molecule has 5 heteroatoms. The van der Waals surface area contributed by atoms with Crippen LogP contribution in [0.2, 0.25) is 0 Å². The molecular formula is C14H17N3O2. The number of aryl methyl sites for hydroxylation is 4. The number of nitrogens with zero attached hydrogens (tertiary/aromatic N) is 1. The van der Waals surface area contributed by atoms with Gasteiger partial charge in [0.15, 0.2) is 5.89 Å². The maximum atomic E-state index is 12.1. The van der Waals surface area contributed by atoms with Crippen molar-refractivity contribution in [2.45, 2.75) is 27.7 Å². The Morgan fingerprint density at radius 3 is 2.47 bits per heavy atom. The number of hydrogen-bond donors (Lipinski definition) is 2. The maximum absolute atomic E-state index is 12.1. The van der Waals surface area contributed by atoms with Gasteiger partial charge in [0.1, 0.15) is 0 Å². The van der Waals surface area contributed by atoms with E-state index in [9.17, 15) is 4.79 Å². The summed E-state index contributed by atoms with van der Waals surface area (Å²) in [4.78, 5) is 16.2. The smallest absolute Gasteiger partial charge is 0.293 e. The lowest BCUT2D eigenvalue weighted by Crippen LogP contribution is -2.13. The van der Waals surface area contributed by atoms with Crippen LogP contribution in [0.3, 0.4) is 0 Å². The van der Waals surface area contributed by atoms with Gasteiger partial charge in [-0.15, -0.1) is 0 Å². The third-order valence-electron chi connectivity index (χ3n) is 2.97. The summed E-state index contributed by atoms with van der Waals surface area (Å²) in [6.45, 7) is 7.24. The Labute approximate surface area is 111 Å². The molecule has 0 atom stereocenters. The lowest BCUT2D eigenvalue weighted by molar-refractivity contribution is 0.0994. The van der Waals surface area contributed by atoms with E-state index in [-0.39, 0.29) is 11.7 Å². The van der Waals surface area contributed by atoms with Crippen molar-refractivity contribution in [1.29, 1.82) is 0 Å². The van der Waals surface area contributed by atoms with Gasteiger partial charge in [0.2, 0.25) is 5.76 Å². The van der Waals surface area contributed by atoms with Gasteiger partial charge in [-0.1, -0.05) is 0 Å². The minimum Gasteiger partial charge on any atom is -0.436 e. The fourth-order valence-corrected chi connectivity index (χ4v) is 1.89. The van der Waals surface area contributed by atoms with E-state index in [2.05, 4.69) is 10.3 Å². The molecule has 0 saturated heterocycles. The normalized spacial score (nSPS) is 10.5. The lowest BCUT2D eigenvalue weighted by atomic mass is 10.1. The molecule has 0 fully saturated rings. The molecule has 5 nitrogen and oxygen atoms in total. The topological polar surface area (TPSA) is 81.2 Å². The van der Waals surface area contributed by atoms with Crippen LogP contribution in [-0.4, -0.2) is 10.9 Å². The second-order valence-electron chi connectivity index (χ2n) is 4.63. The van der Waals surface area contributed by atoms with Crippen molar-refractivity contribution in [2.24, 2.45) is 0 Å². The Hall–Kier alpha value is -2.30. The quantitative estimate of drug-likeness (QED) is 0.812. The van der Waals surface area contributed by atoms with Crippen molar-refractivity contribution >= 4 is 17.3 Å². The molecule has 0 saturated carbocycles. The molecule has 0 bridgehead atoms. The maximum Gasteiger partial charge on any atom is 0.293 e. The Morgan fingerprint density at radius 2 is 1.89 bits per heavy atom. The SMILES string of the molecule is Cc1nc(C)c(C(=O)Nc2cc(C)c(N)cc2C)o1. The highest BCUT2D eigenvalue weighted by molar-refractivity contribution is 6.03. The van der Waals surface area contributed by atoms with Gasteiger partial charge in [0, 0.05) is 18.3 Å². The highest BCUT2D eigenvalue weighted by Gasteiger charge is 2.17. The second-order valence-corrected chi connectivity index (χ2v) is 4.63. The van der Waals surface area contributed by atoms with Gasteiger partial charge in [-0.05, 0) is 44.0 Å². The molecule has 1 aromatic carbocycles. The molecule has 19 heavy (non-hydrogen) atoms. The van der Waals surface area contributed by atoms with Crippen LogP contribution in [0.15, 0.2) is 16.5 Å². The predicted molar refractivity (Wildman–Crippen MR) is 74.3 cm³/mol. The molecule has 1 heterocycles. The Kier molecular flexibility index (Phi) is 3.29. The number of benzene rings is 1. The monoisotopic (exact) mass is 259 g/mol. The minimum absolute atomic E-state index is 0.242. The molecule has 1 amide bonds. The standard InChI is InChI=1S/C14H17N3O2/c1-7-6-12(8(2)5-11(7)15)17-14(18)13-9(3)16-10(4)19-13/h5-6H,15H2,1-4H3,(H,17,18). The van der Waals surface area contributed by atoms with Crippen molar-refractivity contribution in [1.82, 2.24) is 4.98 Å². The molecule has 3 N–H and O–H groups in total. The Bertz CT molecular complexity index is 644. The average molecular weight is 259 g/mol. The summed E-state index contributed by atoms with van der Waals surface area (Å²) in [5.74, 6) is 0.421. The van der Waals surface area contributed by atoms with Crippen LogP contribution in [0.5, 0.6) is 0 Å². The molecule has 1 aromatic heterocycles. The lowest BCUT2D eigenvalue weighted by Gasteiger charge is -2.10. The van der Waals surface area contributed by atoms with Crippen LogP contribution in [0, 0.1) is 27.7 Å². The van der Waals surface area contributed by atoms with E-state index in [4.69, 9.17) is 10.2 Å². The first-order valence-corrected chi connectivity index (χ1v) is 6.00. The number of hydrogen-bond acceptors (Lipinski definition) is 4. The molecular weight excluding hydrogens is 242 g/mol. The van der Waals surface area contributed by atoms with Gasteiger partial charge in [-0.2, -0.15) is 0 Å². The zero-order chi connectivity index (χ0) is 14.2. The third kappa shape index (κ3) is 2.59. The van der Waals surface area contributed by atoms with Crippen molar-refractivity contribution in [3.05, 3.63) is 40.6 Å². The highest BCUT2D eigenvalue weighted by atomic mass is 16.4. The van der Waals surface area contributed by atoms with Gasteiger partial charge in [-0.3, -0.25) is 4.79 Å². The van der Waals surface area contributed by atoms with Crippen molar-refractivity contribution in [3.63, 3.8) is 0 Å². The van der Waals surface area contributed by atoms with Gasteiger partial charge in [-0.25, -0.2) is 4.98 Å². The van der Waals surface area contributed by atoms with E-state index in [0.717, 1.165) is 16.8 Å². The highest BCUT2D eigenvalue weighted by Crippen LogP contribution is 2.23. The first-order valence-electron chi connectivity index (χ1n) is 6.00. The summed E-state index contributed by atoms with van der Waals surface area (Å²) in [5.41, 5.74) is 9.67. The van der Waals surface area contributed by atoms with Crippen LogP contribution in [-0.2, 0) is 0 Å². The van der Waals surface area contributed by atoms with Crippen LogP contribution in [0.25, 0.3) is 0 Å². The average Bonchev–Trinajstić information content (AvgIpc) is 2.65. The first-order chi connectivity index (χ1) is 8.88. The number of carbonyl (C=O) groups excluding carboxylic acids is 1. The van der Waals surface area contributed by atoms with Gasteiger partial charge in [0.05, 0.1) is 5.69 Å². The van der Waals surface area contributed by atoms with E-state index >= 15 is 0 Å². The molecule has 0 aliphatic rings. The summed E-state index contributed by atoms with van der Waals surface area (Å²) in [5, 5.41) is 2.82. The van der Waals surface area contributed by atoms with Gasteiger partial charge >= 0.3 is 0 Å². The predicted octanol–water partition coefficient (Wildman–Crippen LogP) is 2.74. The van der Waals surface area contributed by atoms with Gasteiger partial charge in [0.25, 0.3) is 5.91 Å². The molecule has 0 spiro atoms. The zero-order valence-electron chi connectivity index (χ0n) is 11.5. The molecule has 2 aromatic rings. The summed E-state index contributed by atoms with van der Waals surface area (Å²) in [6.07, 6.45) is 0. The van der Waals surface area contributed by atoms with Crippen molar-refractivity contribution in [2.75, 3.05) is 11.1 Å². The molecule has 2 rings (SSSR count). The number of nitrogens with two attached hydrogens (primary N) is 1. The summed E-state index contributed by atoms with van der Waals surface area (Å²) in [7, 11) is 0. The second kappa shape index (κ2) is 4.76. The van der Waals surface area contributed by atoms with E-state index < -0.39 is 0 Å². The van der Waals surface area contributed by atoms with Crippen LogP contribution in [0.4, 0.5) is 11.4 Å². The number of nitrogens with one attached hydrogen (secondary N) is 1. The number of nitrogen functional groups attached to an aromatic ring is 1. The fraction of sp³-hybridized carbons (Fsp3) is 0.286. The number of amides is 1. The summed E-state index contributed by atoms with van der Waals surface area (Å²) >= 11 is 0. The number of carbonyl (C=O) groups is 1. The number of oxazole rings is 1. The first kappa shape index (κ1) is 13.1. The number of anilines is 2. The Balaban J connectivity index is 2.29. The molecule has 0 aliphatic carbocycles. The van der Waals surface area contributed by atoms with E-state index in [1.165, 1.54) is 0 Å². The van der Waals surface area contributed by atoms with Crippen molar-refractivity contribution < 1.29 is 9.21 Å². The number of aromatic nitrogens is 1. The van der Waals surface area contributed by atoms with Crippen molar-refractivity contribution in [3.8, 4) is 0 Å². The zero-order valence-corrected chi connectivity index (χ0v) is 11.5. The van der Waals surface area contributed by atoms with E-state index in [1.807, 2.05) is 26.0 Å². The molecule has 0 aliphatic heterocycles. The van der Waals surface area contributed by atoms with Crippen LogP contribution < -0.4 is 11.1 Å². The van der Waals surface area contributed by atoms with Gasteiger partial charge < -0.3 is 15.5 Å². The van der Waals surface area contributed by atoms with Crippen LogP contribution >= 0.6 is 0 Å². The Morgan fingerprint density at radius 1 is 1.21 bits per heavy atom.